The highest BCUT2D eigenvalue weighted by atomic mass is 16.5. The highest BCUT2D eigenvalue weighted by molar-refractivity contribution is 5.22. The lowest BCUT2D eigenvalue weighted by Crippen LogP contribution is -2.06. The lowest BCUT2D eigenvalue weighted by Gasteiger charge is -2.10. The summed E-state index contributed by atoms with van der Waals surface area (Å²) in [4.78, 5) is 11.4. The number of rotatable bonds is 6. The van der Waals surface area contributed by atoms with Crippen LogP contribution in [0.2, 0.25) is 0 Å². The van der Waals surface area contributed by atoms with E-state index in [9.17, 15) is 4.79 Å². The van der Waals surface area contributed by atoms with E-state index in [1.165, 1.54) is 18.9 Å². The summed E-state index contributed by atoms with van der Waals surface area (Å²) >= 11 is 0. The van der Waals surface area contributed by atoms with Crippen molar-refractivity contribution in [3.63, 3.8) is 0 Å². The van der Waals surface area contributed by atoms with Crippen molar-refractivity contribution in [2.45, 2.75) is 45.4 Å². The molecule has 3 nitrogen and oxygen atoms in total. The van der Waals surface area contributed by atoms with Gasteiger partial charge in [-0.2, -0.15) is 0 Å². The van der Waals surface area contributed by atoms with Crippen LogP contribution in [-0.2, 0) is 0 Å². The van der Waals surface area contributed by atoms with Crippen molar-refractivity contribution in [3.05, 3.63) is 28.3 Å². The van der Waals surface area contributed by atoms with Crippen LogP contribution in [0.1, 0.15) is 51.2 Å². The Morgan fingerprint density at radius 2 is 2.24 bits per heavy atom. The molecule has 0 bridgehead atoms. The third-order valence-corrected chi connectivity index (χ3v) is 3.15. The Morgan fingerprint density at radius 1 is 1.47 bits per heavy atom. The molecule has 0 aromatic carbocycles. The van der Waals surface area contributed by atoms with Gasteiger partial charge in [-0.1, -0.05) is 20.3 Å². The highest BCUT2D eigenvalue weighted by Crippen LogP contribution is 2.30. The first kappa shape index (κ1) is 12.2. The van der Waals surface area contributed by atoms with Gasteiger partial charge in [-0.05, 0) is 25.2 Å². The van der Waals surface area contributed by atoms with Crippen molar-refractivity contribution < 1.29 is 9.15 Å². The zero-order chi connectivity index (χ0) is 12.3. The Labute approximate surface area is 102 Å². The van der Waals surface area contributed by atoms with Crippen LogP contribution < -0.4 is 10.4 Å². The smallest absolute Gasteiger partial charge is 0.339 e. The molecule has 3 heteroatoms. The Kier molecular flexibility index (Phi) is 3.87. The van der Waals surface area contributed by atoms with Gasteiger partial charge in [0.15, 0.2) is 0 Å². The molecule has 1 heterocycles. The van der Waals surface area contributed by atoms with Crippen LogP contribution in [-0.4, -0.2) is 6.61 Å². The molecule has 0 unspecified atom stereocenters. The van der Waals surface area contributed by atoms with Crippen LogP contribution in [0, 0.1) is 5.92 Å². The van der Waals surface area contributed by atoms with Crippen molar-refractivity contribution in [1.29, 1.82) is 0 Å². The minimum absolute atomic E-state index is 0.275. The van der Waals surface area contributed by atoms with E-state index in [1.54, 1.807) is 0 Å². The quantitative estimate of drug-likeness (QED) is 0.760. The monoisotopic (exact) mass is 236 g/mol. The fourth-order valence-electron chi connectivity index (χ4n) is 1.87. The Hall–Kier alpha value is -1.25. The standard InChI is InChI=1S/C14H20O3/c1-3-4-10(2)13-7-12(8-14(15)17-13)16-9-11-5-6-11/h7-8,10-11H,3-6,9H2,1-2H3/t10-/m1/s1. The van der Waals surface area contributed by atoms with Crippen LogP contribution in [0.4, 0.5) is 0 Å². The van der Waals surface area contributed by atoms with E-state index in [1.807, 2.05) is 6.07 Å². The summed E-state index contributed by atoms with van der Waals surface area (Å²) in [7, 11) is 0. The second kappa shape index (κ2) is 5.39. The van der Waals surface area contributed by atoms with Crippen LogP contribution in [0.15, 0.2) is 21.3 Å². The molecule has 1 aromatic heterocycles. The first-order valence-electron chi connectivity index (χ1n) is 6.47. The second-order valence-corrected chi connectivity index (χ2v) is 4.96. The predicted octanol–water partition coefficient (Wildman–Crippen LogP) is 3.33. The topological polar surface area (TPSA) is 39.4 Å². The first-order valence-corrected chi connectivity index (χ1v) is 6.47. The average molecular weight is 236 g/mol. The molecule has 0 spiro atoms. The molecule has 1 aliphatic rings. The minimum atomic E-state index is -0.309. The molecule has 1 fully saturated rings. The lowest BCUT2D eigenvalue weighted by molar-refractivity contribution is 0.292. The van der Waals surface area contributed by atoms with E-state index < -0.39 is 0 Å². The SMILES string of the molecule is CCC[C@@H](C)c1cc(OCC2CC2)cc(=O)o1. The van der Waals surface area contributed by atoms with Gasteiger partial charge in [-0.25, -0.2) is 4.79 Å². The van der Waals surface area contributed by atoms with Gasteiger partial charge in [-0.3, -0.25) is 0 Å². The Bertz CT molecular complexity index is 418. The fourth-order valence-corrected chi connectivity index (χ4v) is 1.87. The molecule has 0 aliphatic heterocycles. The maximum Gasteiger partial charge on any atom is 0.339 e. The van der Waals surface area contributed by atoms with Crippen molar-refractivity contribution in [2.24, 2.45) is 5.92 Å². The minimum Gasteiger partial charge on any atom is -0.493 e. The van der Waals surface area contributed by atoms with E-state index in [4.69, 9.17) is 9.15 Å². The fraction of sp³-hybridized carbons (Fsp3) is 0.643. The summed E-state index contributed by atoms with van der Waals surface area (Å²) in [5.74, 6) is 2.37. The van der Waals surface area contributed by atoms with Crippen molar-refractivity contribution in [2.75, 3.05) is 6.61 Å². The van der Waals surface area contributed by atoms with Gasteiger partial charge in [0, 0.05) is 12.0 Å². The van der Waals surface area contributed by atoms with E-state index in [-0.39, 0.29) is 11.5 Å². The van der Waals surface area contributed by atoms with Crippen LogP contribution >= 0.6 is 0 Å². The normalized spacial score (nSPS) is 16.8. The third kappa shape index (κ3) is 3.62. The zero-order valence-electron chi connectivity index (χ0n) is 10.6. The summed E-state index contributed by atoms with van der Waals surface area (Å²) in [6.07, 6.45) is 4.61. The van der Waals surface area contributed by atoms with E-state index in [0.717, 1.165) is 25.2 Å². The zero-order valence-corrected chi connectivity index (χ0v) is 10.6. The molecule has 17 heavy (non-hydrogen) atoms. The van der Waals surface area contributed by atoms with Crippen LogP contribution in [0.25, 0.3) is 0 Å². The Morgan fingerprint density at radius 3 is 2.88 bits per heavy atom. The average Bonchev–Trinajstić information content (AvgIpc) is 3.10. The summed E-state index contributed by atoms with van der Waals surface area (Å²) in [5, 5.41) is 0. The molecular formula is C14H20O3. The summed E-state index contributed by atoms with van der Waals surface area (Å²) < 4.78 is 10.8. The van der Waals surface area contributed by atoms with Gasteiger partial charge < -0.3 is 9.15 Å². The van der Waals surface area contributed by atoms with Gasteiger partial charge in [0.25, 0.3) is 0 Å². The first-order chi connectivity index (χ1) is 8.19. The summed E-state index contributed by atoms with van der Waals surface area (Å²) in [5.41, 5.74) is -0.309. The third-order valence-electron chi connectivity index (χ3n) is 3.15. The molecule has 94 valence electrons. The number of ether oxygens (including phenoxy) is 1. The molecule has 1 saturated carbocycles. The van der Waals surface area contributed by atoms with E-state index in [2.05, 4.69) is 13.8 Å². The van der Waals surface area contributed by atoms with E-state index in [0.29, 0.717) is 11.7 Å². The molecule has 0 saturated heterocycles. The molecule has 1 atom stereocenters. The maximum absolute atomic E-state index is 11.4. The van der Waals surface area contributed by atoms with Crippen molar-refractivity contribution in [3.8, 4) is 5.75 Å². The van der Waals surface area contributed by atoms with Gasteiger partial charge in [0.05, 0.1) is 12.7 Å². The maximum atomic E-state index is 11.4. The van der Waals surface area contributed by atoms with Crippen molar-refractivity contribution in [1.82, 2.24) is 0 Å². The second-order valence-electron chi connectivity index (χ2n) is 4.96. The van der Waals surface area contributed by atoms with Gasteiger partial charge in [0.2, 0.25) is 0 Å². The van der Waals surface area contributed by atoms with Crippen LogP contribution in [0.5, 0.6) is 5.75 Å². The number of hydrogen-bond acceptors (Lipinski definition) is 3. The Balaban J connectivity index is 2.07. The molecule has 2 rings (SSSR count). The van der Waals surface area contributed by atoms with Gasteiger partial charge in [-0.15, -0.1) is 0 Å². The molecule has 0 radical (unpaired) electrons. The summed E-state index contributed by atoms with van der Waals surface area (Å²) in [6.45, 7) is 4.93. The molecule has 0 amide bonds. The lowest BCUT2D eigenvalue weighted by atomic mass is 10.0. The van der Waals surface area contributed by atoms with Gasteiger partial charge in [0.1, 0.15) is 11.5 Å². The largest absolute Gasteiger partial charge is 0.493 e. The molecule has 1 aromatic rings. The predicted molar refractivity (Wildman–Crippen MR) is 66.5 cm³/mol. The number of hydrogen-bond donors (Lipinski definition) is 0. The summed E-state index contributed by atoms with van der Waals surface area (Å²) in [6, 6.07) is 3.30. The molecular weight excluding hydrogens is 216 g/mol. The van der Waals surface area contributed by atoms with Gasteiger partial charge >= 0.3 is 5.63 Å². The molecule has 0 N–H and O–H groups in total. The highest BCUT2D eigenvalue weighted by Gasteiger charge is 2.22. The van der Waals surface area contributed by atoms with Crippen molar-refractivity contribution >= 4 is 0 Å². The van der Waals surface area contributed by atoms with Crippen LogP contribution in [0.3, 0.4) is 0 Å². The molecule has 1 aliphatic carbocycles. The van der Waals surface area contributed by atoms with E-state index >= 15 is 0 Å².